The maximum Gasteiger partial charge on any atom is 0.139 e. The second-order valence-electron chi connectivity index (χ2n) is 5.08. The molecule has 0 aliphatic rings. The number of nitrogens with zero attached hydrogens (tertiary/aromatic N) is 2. The molecule has 0 unspecified atom stereocenters. The zero-order chi connectivity index (χ0) is 14.8. The molecule has 0 amide bonds. The third kappa shape index (κ3) is 2.44. The number of hydrogen-bond donors (Lipinski definition) is 1. The van der Waals surface area contributed by atoms with Gasteiger partial charge >= 0.3 is 0 Å². The molecule has 0 fully saturated rings. The second-order valence-corrected chi connectivity index (χ2v) is 5.08. The van der Waals surface area contributed by atoms with E-state index >= 15 is 0 Å². The molecule has 4 nitrogen and oxygen atoms in total. The Morgan fingerprint density at radius 3 is 2.76 bits per heavy atom. The normalized spacial score (nSPS) is 11.0. The number of nitrogen functional groups attached to an aromatic ring is 1. The Hall–Kier alpha value is -2.49. The third-order valence-corrected chi connectivity index (χ3v) is 3.45. The number of ether oxygens (including phenoxy) is 1. The van der Waals surface area contributed by atoms with Gasteiger partial charge in [0.2, 0.25) is 0 Å². The molecule has 108 valence electrons. The number of benzene rings is 1. The highest BCUT2D eigenvalue weighted by Gasteiger charge is 2.12. The summed E-state index contributed by atoms with van der Waals surface area (Å²) in [5.74, 6) is 1.51. The summed E-state index contributed by atoms with van der Waals surface area (Å²) in [4.78, 5) is 4.65. The second kappa shape index (κ2) is 5.48. The topological polar surface area (TPSA) is 52.5 Å². The van der Waals surface area contributed by atoms with E-state index < -0.39 is 0 Å². The molecule has 3 aromatic rings. The van der Waals surface area contributed by atoms with Crippen LogP contribution in [0.15, 0.2) is 42.5 Å². The minimum atomic E-state index is 0.663. The van der Waals surface area contributed by atoms with E-state index in [1.807, 2.05) is 53.8 Å². The average molecular weight is 281 g/mol. The third-order valence-electron chi connectivity index (χ3n) is 3.45. The average Bonchev–Trinajstić information content (AvgIpc) is 2.84. The Morgan fingerprint density at radius 2 is 2.00 bits per heavy atom. The molecule has 1 aromatic carbocycles. The van der Waals surface area contributed by atoms with Crippen LogP contribution in [0.4, 0.5) is 5.82 Å². The van der Waals surface area contributed by atoms with E-state index in [-0.39, 0.29) is 0 Å². The van der Waals surface area contributed by atoms with Crippen molar-refractivity contribution >= 4 is 11.5 Å². The van der Waals surface area contributed by atoms with Crippen LogP contribution in [-0.4, -0.2) is 16.0 Å². The number of pyridine rings is 1. The molecule has 0 aliphatic heterocycles. The molecular formula is C17H19N3O. The number of aryl methyl sites for hydroxylation is 1. The van der Waals surface area contributed by atoms with Gasteiger partial charge in [-0.1, -0.05) is 25.1 Å². The van der Waals surface area contributed by atoms with Crippen molar-refractivity contribution in [2.45, 2.75) is 20.3 Å². The van der Waals surface area contributed by atoms with Gasteiger partial charge in [0.25, 0.3) is 0 Å². The summed E-state index contributed by atoms with van der Waals surface area (Å²) < 4.78 is 7.65. The van der Waals surface area contributed by atoms with Gasteiger partial charge in [0, 0.05) is 11.3 Å². The lowest BCUT2D eigenvalue weighted by molar-refractivity contribution is 0.317. The van der Waals surface area contributed by atoms with Crippen molar-refractivity contribution in [2.75, 3.05) is 12.3 Å². The molecule has 0 radical (unpaired) electrons. The number of rotatable bonds is 4. The fourth-order valence-electron chi connectivity index (χ4n) is 2.45. The van der Waals surface area contributed by atoms with Gasteiger partial charge in [0.15, 0.2) is 0 Å². The van der Waals surface area contributed by atoms with Crippen LogP contribution in [0.5, 0.6) is 5.75 Å². The smallest absolute Gasteiger partial charge is 0.139 e. The quantitative estimate of drug-likeness (QED) is 0.793. The van der Waals surface area contributed by atoms with Gasteiger partial charge in [-0.3, -0.25) is 4.40 Å². The molecule has 4 heteroatoms. The Labute approximate surface area is 124 Å². The molecule has 0 aliphatic carbocycles. The Bertz CT molecular complexity index is 777. The van der Waals surface area contributed by atoms with Crippen LogP contribution in [0.25, 0.3) is 16.9 Å². The molecule has 2 aromatic heterocycles. The fraction of sp³-hybridized carbons (Fsp3) is 0.235. The van der Waals surface area contributed by atoms with Gasteiger partial charge in [-0.2, -0.15) is 0 Å². The van der Waals surface area contributed by atoms with E-state index in [0.717, 1.165) is 34.8 Å². The van der Waals surface area contributed by atoms with Gasteiger partial charge < -0.3 is 10.5 Å². The molecule has 21 heavy (non-hydrogen) atoms. The maximum atomic E-state index is 6.28. The molecular weight excluding hydrogens is 262 g/mol. The van der Waals surface area contributed by atoms with Crippen LogP contribution >= 0.6 is 0 Å². The summed E-state index contributed by atoms with van der Waals surface area (Å²) in [6, 6.07) is 13.9. The van der Waals surface area contributed by atoms with E-state index in [2.05, 4.69) is 11.9 Å². The highest BCUT2D eigenvalue weighted by atomic mass is 16.5. The van der Waals surface area contributed by atoms with Crippen LogP contribution in [-0.2, 0) is 0 Å². The van der Waals surface area contributed by atoms with Crippen LogP contribution in [0, 0.1) is 6.92 Å². The number of fused-ring (bicyclic) bond motifs is 1. The SMILES string of the molecule is CCCOc1cccc(-c2nc3cccc(C)n3c2N)c1. The molecule has 2 heterocycles. The highest BCUT2D eigenvalue weighted by molar-refractivity contribution is 5.76. The van der Waals surface area contributed by atoms with Crippen molar-refractivity contribution in [1.29, 1.82) is 0 Å². The van der Waals surface area contributed by atoms with Crippen molar-refractivity contribution in [3.63, 3.8) is 0 Å². The first-order chi connectivity index (χ1) is 10.2. The van der Waals surface area contributed by atoms with Crippen molar-refractivity contribution < 1.29 is 4.74 Å². The molecule has 0 bridgehead atoms. The predicted molar refractivity (Wildman–Crippen MR) is 85.6 cm³/mol. The van der Waals surface area contributed by atoms with Crippen LogP contribution < -0.4 is 10.5 Å². The number of anilines is 1. The summed E-state index contributed by atoms with van der Waals surface area (Å²) in [5.41, 5.74) is 9.99. The summed E-state index contributed by atoms with van der Waals surface area (Å²) in [6.07, 6.45) is 0.986. The van der Waals surface area contributed by atoms with E-state index in [9.17, 15) is 0 Å². The number of hydrogen-bond acceptors (Lipinski definition) is 3. The monoisotopic (exact) mass is 281 g/mol. The first kappa shape index (κ1) is 13.5. The van der Waals surface area contributed by atoms with Crippen LogP contribution in [0.3, 0.4) is 0 Å². The van der Waals surface area contributed by atoms with E-state index in [0.29, 0.717) is 12.4 Å². The summed E-state index contributed by atoms with van der Waals surface area (Å²) in [7, 11) is 0. The van der Waals surface area contributed by atoms with Crippen molar-refractivity contribution in [1.82, 2.24) is 9.38 Å². The molecule has 3 rings (SSSR count). The van der Waals surface area contributed by atoms with Gasteiger partial charge in [-0.05, 0) is 37.6 Å². The lowest BCUT2D eigenvalue weighted by Crippen LogP contribution is -1.98. The molecule has 2 N–H and O–H groups in total. The van der Waals surface area contributed by atoms with Crippen molar-refractivity contribution in [3.05, 3.63) is 48.2 Å². The van der Waals surface area contributed by atoms with Gasteiger partial charge in [0.1, 0.15) is 22.9 Å². The lowest BCUT2D eigenvalue weighted by atomic mass is 10.1. The van der Waals surface area contributed by atoms with Gasteiger partial charge in [-0.25, -0.2) is 4.98 Å². The fourth-order valence-corrected chi connectivity index (χ4v) is 2.45. The zero-order valence-corrected chi connectivity index (χ0v) is 12.3. The van der Waals surface area contributed by atoms with Crippen molar-refractivity contribution in [3.8, 4) is 17.0 Å². The number of imidazole rings is 1. The summed E-state index contributed by atoms with van der Waals surface area (Å²) in [5, 5.41) is 0. The van der Waals surface area contributed by atoms with Gasteiger partial charge in [0.05, 0.1) is 6.61 Å². The lowest BCUT2D eigenvalue weighted by Gasteiger charge is -2.06. The van der Waals surface area contributed by atoms with Crippen molar-refractivity contribution in [2.24, 2.45) is 0 Å². The summed E-state index contributed by atoms with van der Waals surface area (Å²) >= 11 is 0. The molecule has 0 spiro atoms. The number of nitrogens with two attached hydrogens (primary N) is 1. The Morgan fingerprint density at radius 1 is 1.19 bits per heavy atom. The minimum absolute atomic E-state index is 0.663. The van der Waals surface area contributed by atoms with E-state index in [4.69, 9.17) is 10.5 Å². The predicted octanol–water partition coefficient (Wildman–Crippen LogP) is 3.68. The first-order valence-corrected chi connectivity index (χ1v) is 7.17. The van der Waals surface area contributed by atoms with Gasteiger partial charge in [-0.15, -0.1) is 0 Å². The standard InChI is InChI=1S/C17H19N3O/c1-3-10-21-14-8-5-7-13(11-14)16-17(18)20-12(2)6-4-9-15(20)19-16/h4-9,11H,3,10,18H2,1-2H3. The zero-order valence-electron chi connectivity index (χ0n) is 12.3. The van der Waals surface area contributed by atoms with Crippen LogP contribution in [0.1, 0.15) is 19.0 Å². The molecule has 0 saturated carbocycles. The van der Waals surface area contributed by atoms with E-state index in [1.165, 1.54) is 0 Å². The molecule has 0 saturated heterocycles. The molecule has 0 atom stereocenters. The summed E-state index contributed by atoms with van der Waals surface area (Å²) in [6.45, 7) is 4.82. The number of aromatic nitrogens is 2. The minimum Gasteiger partial charge on any atom is -0.494 e. The first-order valence-electron chi connectivity index (χ1n) is 7.17. The largest absolute Gasteiger partial charge is 0.494 e. The maximum absolute atomic E-state index is 6.28. The van der Waals surface area contributed by atoms with E-state index in [1.54, 1.807) is 0 Å². The Kier molecular flexibility index (Phi) is 3.52. The Balaban J connectivity index is 2.08. The highest BCUT2D eigenvalue weighted by Crippen LogP contribution is 2.29. The van der Waals surface area contributed by atoms with Crippen LogP contribution in [0.2, 0.25) is 0 Å².